The predicted molar refractivity (Wildman–Crippen MR) is 92.4 cm³/mol. The molecule has 0 saturated carbocycles. The molecule has 0 aromatic heterocycles. The van der Waals surface area contributed by atoms with Gasteiger partial charge in [-0.05, 0) is 74.7 Å². The summed E-state index contributed by atoms with van der Waals surface area (Å²) in [7, 11) is 1.61. The van der Waals surface area contributed by atoms with Gasteiger partial charge in [0.05, 0.1) is 7.11 Å². The van der Waals surface area contributed by atoms with Gasteiger partial charge in [0.25, 0.3) is 5.91 Å². The first-order chi connectivity index (χ1) is 10.9. The van der Waals surface area contributed by atoms with Crippen LogP contribution in [0, 0.1) is 20.8 Å². The molecule has 0 aliphatic rings. The van der Waals surface area contributed by atoms with Crippen LogP contribution in [0.25, 0.3) is 0 Å². The third-order valence-electron chi connectivity index (χ3n) is 3.79. The molecule has 0 bridgehead atoms. The maximum absolute atomic E-state index is 12.3. The Morgan fingerprint density at radius 3 is 2.35 bits per heavy atom. The molecular weight excluding hydrogens is 290 g/mol. The van der Waals surface area contributed by atoms with Gasteiger partial charge in [0.15, 0.2) is 6.10 Å². The normalized spacial score (nSPS) is 11.7. The lowest BCUT2D eigenvalue weighted by atomic mass is 10.1. The van der Waals surface area contributed by atoms with Crippen LogP contribution >= 0.6 is 0 Å². The van der Waals surface area contributed by atoms with Crippen molar-refractivity contribution in [2.24, 2.45) is 0 Å². The van der Waals surface area contributed by atoms with Gasteiger partial charge in [-0.1, -0.05) is 6.07 Å². The molecule has 4 heteroatoms. The molecular formula is C19H23NO3. The first-order valence-corrected chi connectivity index (χ1v) is 7.60. The molecule has 1 amide bonds. The van der Waals surface area contributed by atoms with Crippen molar-refractivity contribution in [3.8, 4) is 11.5 Å². The maximum Gasteiger partial charge on any atom is 0.265 e. The van der Waals surface area contributed by atoms with Crippen LogP contribution in [0.5, 0.6) is 11.5 Å². The highest BCUT2D eigenvalue weighted by Gasteiger charge is 2.16. The molecule has 4 nitrogen and oxygen atoms in total. The topological polar surface area (TPSA) is 47.6 Å². The molecule has 23 heavy (non-hydrogen) atoms. The number of anilines is 1. The highest BCUT2D eigenvalue weighted by atomic mass is 16.5. The van der Waals surface area contributed by atoms with Gasteiger partial charge in [-0.15, -0.1) is 0 Å². The van der Waals surface area contributed by atoms with E-state index in [-0.39, 0.29) is 5.91 Å². The van der Waals surface area contributed by atoms with Crippen LogP contribution in [0.2, 0.25) is 0 Å². The number of nitrogens with one attached hydrogen (secondary N) is 1. The first kappa shape index (κ1) is 16.9. The van der Waals surface area contributed by atoms with Gasteiger partial charge in [-0.2, -0.15) is 0 Å². The van der Waals surface area contributed by atoms with E-state index in [4.69, 9.17) is 9.47 Å². The average molecular weight is 313 g/mol. The zero-order valence-corrected chi connectivity index (χ0v) is 14.3. The Morgan fingerprint density at radius 1 is 1.09 bits per heavy atom. The van der Waals surface area contributed by atoms with Gasteiger partial charge in [-0.25, -0.2) is 0 Å². The SMILES string of the molecule is COc1ccc(NC(=O)C(C)Oc2cc(C)cc(C)c2C)cc1. The Hall–Kier alpha value is -2.49. The summed E-state index contributed by atoms with van der Waals surface area (Å²) in [6, 6.07) is 11.3. The van der Waals surface area contributed by atoms with E-state index in [1.54, 1.807) is 38.3 Å². The van der Waals surface area contributed by atoms with Gasteiger partial charge in [0, 0.05) is 5.69 Å². The van der Waals surface area contributed by atoms with Gasteiger partial charge in [-0.3, -0.25) is 4.79 Å². The summed E-state index contributed by atoms with van der Waals surface area (Å²) in [5.74, 6) is 1.31. The average Bonchev–Trinajstić information content (AvgIpc) is 2.52. The molecule has 2 aromatic carbocycles. The van der Waals surface area contributed by atoms with E-state index >= 15 is 0 Å². The van der Waals surface area contributed by atoms with Crippen molar-refractivity contribution < 1.29 is 14.3 Å². The second-order valence-electron chi connectivity index (χ2n) is 5.68. The smallest absolute Gasteiger partial charge is 0.265 e. The molecule has 2 rings (SSSR count). The van der Waals surface area contributed by atoms with Crippen LogP contribution in [0.4, 0.5) is 5.69 Å². The van der Waals surface area contributed by atoms with Crippen LogP contribution in [-0.4, -0.2) is 19.1 Å². The van der Waals surface area contributed by atoms with E-state index in [1.807, 2.05) is 26.8 Å². The van der Waals surface area contributed by atoms with E-state index in [0.29, 0.717) is 5.69 Å². The van der Waals surface area contributed by atoms with Crippen molar-refractivity contribution in [1.82, 2.24) is 0 Å². The standard InChI is InChI=1S/C19H23NO3/c1-12-10-13(2)14(3)18(11-12)23-15(4)19(21)20-16-6-8-17(22-5)9-7-16/h6-11,15H,1-5H3,(H,20,21). The van der Waals surface area contributed by atoms with Gasteiger partial charge in [0.1, 0.15) is 11.5 Å². The third-order valence-corrected chi connectivity index (χ3v) is 3.79. The van der Waals surface area contributed by atoms with E-state index in [2.05, 4.69) is 11.4 Å². The second kappa shape index (κ2) is 7.18. The quantitative estimate of drug-likeness (QED) is 0.906. The van der Waals surface area contributed by atoms with E-state index in [9.17, 15) is 4.79 Å². The summed E-state index contributed by atoms with van der Waals surface area (Å²) in [5.41, 5.74) is 4.04. The number of ether oxygens (including phenoxy) is 2. The minimum absolute atomic E-state index is 0.186. The van der Waals surface area contributed by atoms with Gasteiger partial charge in [0.2, 0.25) is 0 Å². The minimum Gasteiger partial charge on any atom is -0.497 e. The summed E-state index contributed by atoms with van der Waals surface area (Å²) in [6.07, 6.45) is -0.586. The zero-order valence-electron chi connectivity index (χ0n) is 14.3. The first-order valence-electron chi connectivity index (χ1n) is 7.60. The number of methoxy groups -OCH3 is 1. The van der Waals surface area contributed by atoms with Gasteiger partial charge >= 0.3 is 0 Å². The van der Waals surface area contributed by atoms with Crippen LogP contribution < -0.4 is 14.8 Å². The number of aryl methyl sites for hydroxylation is 2. The van der Waals surface area contributed by atoms with Crippen LogP contribution in [0.3, 0.4) is 0 Å². The number of hydrogen-bond acceptors (Lipinski definition) is 3. The van der Waals surface area contributed by atoms with Crippen LogP contribution in [0.1, 0.15) is 23.6 Å². The molecule has 1 atom stereocenters. The molecule has 0 aliphatic carbocycles. The lowest BCUT2D eigenvalue weighted by Crippen LogP contribution is -2.30. The van der Waals surface area contributed by atoms with E-state index < -0.39 is 6.10 Å². The number of carbonyl (C=O) groups excluding carboxylic acids is 1. The van der Waals surface area contributed by atoms with Crippen molar-refractivity contribution in [2.45, 2.75) is 33.8 Å². The van der Waals surface area contributed by atoms with Crippen molar-refractivity contribution in [3.05, 3.63) is 53.1 Å². The van der Waals surface area contributed by atoms with Crippen LogP contribution in [0.15, 0.2) is 36.4 Å². The molecule has 1 N–H and O–H groups in total. The molecule has 0 spiro atoms. The van der Waals surface area contributed by atoms with Crippen molar-refractivity contribution in [1.29, 1.82) is 0 Å². The minimum atomic E-state index is -0.586. The fourth-order valence-electron chi connectivity index (χ4n) is 2.29. The Morgan fingerprint density at radius 2 is 1.74 bits per heavy atom. The molecule has 0 fully saturated rings. The summed E-state index contributed by atoms with van der Waals surface area (Å²) in [5, 5.41) is 2.84. The zero-order chi connectivity index (χ0) is 17.0. The lowest BCUT2D eigenvalue weighted by molar-refractivity contribution is -0.122. The number of carbonyl (C=O) groups is 1. The fourth-order valence-corrected chi connectivity index (χ4v) is 2.29. The molecule has 0 aliphatic heterocycles. The summed E-state index contributed by atoms with van der Waals surface area (Å²) in [6.45, 7) is 7.80. The second-order valence-corrected chi connectivity index (χ2v) is 5.68. The summed E-state index contributed by atoms with van der Waals surface area (Å²) >= 11 is 0. The number of rotatable bonds is 5. The number of amides is 1. The Kier molecular flexibility index (Phi) is 5.27. The highest BCUT2D eigenvalue weighted by Crippen LogP contribution is 2.24. The summed E-state index contributed by atoms with van der Waals surface area (Å²) in [4.78, 5) is 12.3. The fraction of sp³-hybridized carbons (Fsp3) is 0.316. The molecule has 0 heterocycles. The largest absolute Gasteiger partial charge is 0.497 e. The maximum atomic E-state index is 12.3. The number of hydrogen-bond donors (Lipinski definition) is 1. The highest BCUT2D eigenvalue weighted by molar-refractivity contribution is 5.94. The Labute approximate surface area is 137 Å². The number of benzene rings is 2. The van der Waals surface area contributed by atoms with Crippen LogP contribution in [-0.2, 0) is 4.79 Å². The monoisotopic (exact) mass is 313 g/mol. The summed E-state index contributed by atoms with van der Waals surface area (Å²) < 4.78 is 10.9. The van der Waals surface area contributed by atoms with Crippen molar-refractivity contribution in [2.75, 3.05) is 12.4 Å². The molecule has 0 saturated heterocycles. The lowest BCUT2D eigenvalue weighted by Gasteiger charge is -2.18. The molecule has 122 valence electrons. The third kappa shape index (κ3) is 4.25. The van der Waals surface area contributed by atoms with E-state index in [1.165, 1.54) is 0 Å². The van der Waals surface area contributed by atoms with Crippen molar-refractivity contribution >= 4 is 11.6 Å². The molecule has 2 aromatic rings. The van der Waals surface area contributed by atoms with E-state index in [0.717, 1.165) is 28.2 Å². The molecule has 1 unspecified atom stereocenters. The predicted octanol–water partition coefficient (Wildman–Crippen LogP) is 4.03. The Bertz CT molecular complexity index is 693. The van der Waals surface area contributed by atoms with Gasteiger partial charge < -0.3 is 14.8 Å². The molecule has 0 radical (unpaired) electrons. The Balaban J connectivity index is 2.05. The van der Waals surface area contributed by atoms with Crippen molar-refractivity contribution in [3.63, 3.8) is 0 Å².